The van der Waals surface area contributed by atoms with Crippen molar-refractivity contribution in [3.05, 3.63) is 23.9 Å². The number of nitrogens with zero attached hydrogens (tertiary/aromatic N) is 3. The zero-order chi connectivity index (χ0) is 14.7. The number of amides is 1. The molecule has 1 aliphatic rings. The number of carbonyl (C=O) groups excluding carboxylic acids is 1. The average molecular weight is 274 g/mol. The summed E-state index contributed by atoms with van der Waals surface area (Å²) in [5, 5.41) is 5.96. The third-order valence-electron chi connectivity index (χ3n) is 3.49. The maximum Gasteiger partial charge on any atom is 0.257 e. The van der Waals surface area contributed by atoms with Crippen molar-refractivity contribution in [2.75, 3.05) is 11.6 Å². The normalized spacial score (nSPS) is 18.9. The third kappa shape index (κ3) is 2.88. The summed E-state index contributed by atoms with van der Waals surface area (Å²) in [4.78, 5) is 16.8. The molecule has 2 heterocycles. The van der Waals surface area contributed by atoms with E-state index in [1.807, 2.05) is 19.1 Å². The smallest absolute Gasteiger partial charge is 0.257 e. The molecule has 0 aromatic carbocycles. The molecule has 0 bridgehead atoms. The molecule has 1 aromatic rings. The lowest BCUT2D eigenvalue weighted by Crippen LogP contribution is -2.29. The molecule has 0 spiro atoms. The predicted octanol–water partition coefficient (Wildman–Crippen LogP) is 2.10. The first-order valence-corrected chi connectivity index (χ1v) is 7.09. The van der Waals surface area contributed by atoms with E-state index in [1.54, 1.807) is 6.20 Å². The summed E-state index contributed by atoms with van der Waals surface area (Å²) in [5.74, 6) is 0.709. The van der Waals surface area contributed by atoms with Crippen molar-refractivity contribution in [2.45, 2.75) is 33.6 Å². The minimum atomic E-state index is -0.152. The van der Waals surface area contributed by atoms with Crippen LogP contribution in [0.25, 0.3) is 0 Å². The number of hydrazone groups is 1. The predicted molar refractivity (Wildman–Crippen MR) is 80.5 cm³/mol. The summed E-state index contributed by atoms with van der Waals surface area (Å²) < 4.78 is 0. The molecule has 1 aliphatic heterocycles. The number of aromatic nitrogens is 1. The van der Waals surface area contributed by atoms with Crippen molar-refractivity contribution in [3.8, 4) is 0 Å². The van der Waals surface area contributed by atoms with Crippen LogP contribution in [-0.2, 0) is 4.79 Å². The molecule has 2 rings (SSSR count). The van der Waals surface area contributed by atoms with Crippen molar-refractivity contribution in [1.82, 2.24) is 4.98 Å². The van der Waals surface area contributed by atoms with Gasteiger partial charge in [-0.15, -0.1) is 0 Å². The number of aryl methyl sites for hydroxylation is 1. The number of hydrogen-bond acceptors (Lipinski definition) is 4. The Morgan fingerprint density at radius 2 is 2.20 bits per heavy atom. The molecular formula is C15H22N4O. The summed E-state index contributed by atoms with van der Waals surface area (Å²) in [5.41, 5.74) is 7.56. The zero-order valence-corrected chi connectivity index (χ0v) is 12.3. The minimum Gasteiger partial charge on any atom is -0.330 e. The Morgan fingerprint density at radius 1 is 1.45 bits per heavy atom. The Balaban J connectivity index is 2.29. The Kier molecular flexibility index (Phi) is 4.49. The first kappa shape index (κ1) is 14.7. The third-order valence-corrected chi connectivity index (χ3v) is 3.49. The van der Waals surface area contributed by atoms with Gasteiger partial charge in [-0.25, -0.2) is 4.98 Å². The van der Waals surface area contributed by atoms with Gasteiger partial charge in [-0.2, -0.15) is 10.1 Å². The topological polar surface area (TPSA) is 71.6 Å². The monoisotopic (exact) mass is 274 g/mol. The van der Waals surface area contributed by atoms with Crippen LogP contribution in [0, 0.1) is 18.8 Å². The van der Waals surface area contributed by atoms with E-state index < -0.39 is 0 Å². The van der Waals surface area contributed by atoms with E-state index in [1.165, 1.54) is 5.01 Å². The molecule has 0 radical (unpaired) electrons. The first-order valence-electron chi connectivity index (χ1n) is 7.09. The highest BCUT2D eigenvalue weighted by Gasteiger charge is 2.37. The summed E-state index contributed by atoms with van der Waals surface area (Å²) in [7, 11) is 0. The molecule has 0 saturated heterocycles. The number of hydrogen-bond donors (Lipinski definition) is 1. The Bertz CT molecular complexity index is 524. The molecule has 0 saturated carbocycles. The highest BCUT2D eigenvalue weighted by Crippen LogP contribution is 2.28. The SMILES string of the molecule is Cc1ccnc(N2N=C(C(C)C)C(CCCN)C2=O)c1. The van der Waals surface area contributed by atoms with Crippen molar-refractivity contribution >= 4 is 17.4 Å². The van der Waals surface area contributed by atoms with Crippen molar-refractivity contribution in [3.63, 3.8) is 0 Å². The largest absolute Gasteiger partial charge is 0.330 e. The van der Waals surface area contributed by atoms with Gasteiger partial charge in [0.25, 0.3) is 5.91 Å². The fourth-order valence-electron chi connectivity index (χ4n) is 2.42. The Morgan fingerprint density at radius 3 is 2.80 bits per heavy atom. The summed E-state index contributed by atoms with van der Waals surface area (Å²) in [6, 6.07) is 3.79. The molecule has 1 atom stereocenters. The van der Waals surface area contributed by atoms with Crippen LogP contribution in [0.2, 0.25) is 0 Å². The van der Waals surface area contributed by atoms with E-state index in [0.29, 0.717) is 12.4 Å². The highest BCUT2D eigenvalue weighted by molar-refractivity contribution is 6.15. The van der Waals surface area contributed by atoms with Gasteiger partial charge in [0, 0.05) is 6.20 Å². The van der Waals surface area contributed by atoms with Crippen LogP contribution in [0.5, 0.6) is 0 Å². The summed E-state index contributed by atoms with van der Waals surface area (Å²) in [6.07, 6.45) is 3.29. The van der Waals surface area contributed by atoms with E-state index in [9.17, 15) is 4.79 Å². The second-order valence-electron chi connectivity index (χ2n) is 5.50. The Labute approximate surface area is 119 Å². The number of anilines is 1. The lowest BCUT2D eigenvalue weighted by molar-refractivity contribution is -0.120. The first-order chi connectivity index (χ1) is 9.54. The second kappa shape index (κ2) is 6.13. The van der Waals surface area contributed by atoms with Gasteiger partial charge in [0.05, 0.1) is 11.6 Å². The maximum atomic E-state index is 12.6. The van der Waals surface area contributed by atoms with Crippen molar-refractivity contribution in [1.29, 1.82) is 0 Å². The fourth-order valence-corrected chi connectivity index (χ4v) is 2.42. The average Bonchev–Trinajstić information content (AvgIpc) is 2.74. The highest BCUT2D eigenvalue weighted by atomic mass is 16.2. The van der Waals surface area contributed by atoms with Gasteiger partial charge in [-0.1, -0.05) is 13.8 Å². The number of rotatable bonds is 5. The molecule has 1 unspecified atom stereocenters. The maximum absolute atomic E-state index is 12.6. The summed E-state index contributed by atoms with van der Waals surface area (Å²) in [6.45, 7) is 6.70. The standard InChI is InChI=1S/C15H22N4O/c1-10(2)14-12(5-4-7-16)15(20)19(18-14)13-9-11(3)6-8-17-13/h6,8-10,12H,4-5,7,16H2,1-3H3. The van der Waals surface area contributed by atoms with Crippen molar-refractivity contribution in [2.24, 2.45) is 22.7 Å². The van der Waals surface area contributed by atoms with Crippen LogP contribution < -0.4 is 10.7 Å². The molecule has 20 heavy (non-hydrogen) atoms. The molecule has 1 aromatic heterocycles. The van der Waals surface area contributed by atoms with E-state index in [0.717, 1.165) is 24.1 Å². The lowest BCUT2D eigenvalue weighted by Gasteiger charge is -2.14. The van der Waals surface area contributed by atoms with Gasteiger partial charge in [0.1, 0.15) is 0 Å². The molecule has 0 fully saturated rings. The van der Waals surface area contributed by atoms with Crippen LogP contribution >= 0.6 is 0 Å². The number of pyridine rings is 1. The molecule has 5 heteroatoms. The van der Waals surface area contributed by atoms with Gasteiger partial charge in [0.15, 0.2) is 5.82 Å². The van der Waals surface area contributed by atoms with Crippen LogP contribution in [0.1, 0.15) is 32.3 Å². The van der Waals surface area contributed by atoms with Crippen molar-refractivity contribution < 1.29 is 4.79 Å². The van der Waals surface area contributed by atoms with Gasteiger partial charge >= 0.3 is 0 Å². The van der Waals surface area contributed by atoms with Crippen LogP contribution in [-0.4, -0.2) is 23.1 Å². The van der Waals surface area contributed by atoms with Gasteiger partial charge in [0.2, 0.25) is 0 Å². The Hall–Kier alpha value is -1.75. The van der Waals surface area contributed by atoms with Gasteiger partial charge in [-0.3, -0.25) is 4.79 Å². The molecular weight excluding hydrogens is 252 g/mol. The van der Waals surface area contributed by atoms with E-state index >= 15 is 0 Å². The number of nitrogens with two attached hydrogens (primary N) is 1. The van der Waals surface area contributed by atoms with Gasteiger partial charge in [-0.05, 0) is 49.9 Å². The molecule has 108 valence electrons. The molecule has 5 nitrogen and oxygen atoms in total. The van der Waals surface area contributed by atoms with E-state index in [4.69, 9.17) is 5.73 Å². The van der Waals surface area contributed by atoms with Crippen LogP contribution in [0.4, 0.5) is 5.82 Å². The molecule has 1 amide bonds. The minimum absolute atomic E-state index is 0.0141. The molecule has 2 N–H and O–H groups in total. The molecule has 0 aliphatic carbocycles. The zero-order valence-electron chi connectivity index (χ0n) is 12.3. The lowest BCUT2D eigenvalue weighted by atomic mass is 9.90. The van der Waals surface area contributed by atoms with E-state index in [-0.39, 0.29) is 17.7 Å². The van der Waals surface area contributed by atoms with E-state index in [2.05, 4.69) is 23.9 Å². The van der Waals surface area contributed by atoms with Crippen LogP contribution in [0.3, 0.4) is 0 Å². The number of carbonyl (C=O) groups is 1. The van der Waals surface area contributed by atoms with Gasteiger partial charge < -0.3 is 5.73 Å². The quantitative estimate of drug-likeness (QED) is 0.893. The fraction of sp³-hybridized carbons (Fsp3) is 0.533. The second-order valence-corrected chi connectivity index (χ2v) is 5.50. The van der Waals surface area contributed by atoms with Crippen LogP contribution in [0.15, 0.2) is 23.4 Å². The summed E-state index contributed by atoms with van der Waals surface area (Å²) >= 11 is 0.